The van der Waals surface area contributed by atoms with E-state index in [0.29, 0.717) is 5.92 Å². The second kappa shape index (κ2) is 5.52. The van der Waals surface area contributed by atoms with Gasteiger partial charge in [-0.1, -0.05) is 12.1 Å². The second-order valence-electron chi connectivity index (χ2n) is 4.89. The van der Waals surface area contributed by atoms with Crippen molar-refractivity contribution < 1.29 is 10.2 Å². The largest absolute Gasteiger partial charge is 0.393 e. The highest BCUT2D eigenvalue weighted by molar-refractivity contribution is 5.47. The molecule has 2 N–H and O–H groups in total. The number of aliphatic hydroxyl groups excluding tert-OH is 2. The van der Waals surface area contributed by atoms with Gasteiger partial charge < -0.3 is 15.1 Å². The molecule has 1 aliphatic heterocycles. The van der Waals surface area contributed by atoms with Crippen LogP contribution in [0.1, 0.15) is 25.3 Å². The van der Waals surface area contributed by atoms with Gasteiger partial charge >= 0.3 is 0 Å². The van der Waals surface area contributed by atoms with Crippen molar-refractivity contribution in [3.8, 4) is 0 Å². The number of hydrogen-bond donors (Lipinski definition) is 2. The Morgan fingerprint density at radius 1 is 1.24 bits per heavy atom. The number of anilines is 1. The van der Waals surface area contributed by atoms with E-state index in [0.717, 1.165) is 31.5 Å². The standard InChI is InChI=1S/C14H21NO2/c1-11(17)13-6-8-15(9-7-13)14-4-2-12(10-16)3-5-14/h2-5,11,13,16-17H,6-10H2,1H3. The lowest BCUT2D eigenvalue weighted by Gasteiger charge is -2.34. The van der Waals surface area contributed by atoms with Crippen molar-refractivity contribution in [1.82, 2.24) is 0 Å². The first-order valence-corrected chi connectivity index (χ1v) is 6.33. The van der Waals surface area contributed by atoms with E-state index in [1.165, 1.54) is 5.69 Å². The first-order chi connectivity index (χ1) is 8.20. The molecule has 1 saturated heterocycles. The monoisotopic (exact) mass is 235 g/mol. The molecule has 1 aliphatic rings. The summed E-state index contributed by atoms with van der Waals surface area (Å²) < 4.78 is 0. The number of benzene rings is 1. The molecule has 0 aliphatic carbocycles. The van der Waals surface area contributed by atoms with Crippen molar-refractivity contribution in [3.63, 3.8) is 0 Å². The summed E-state index contributed by atoms with van der Waals surface area (Å²) in [5.74, 6) is 0.447. The van der Waals surface area contributed by atoms with E-state index >= 15 is 0 Å². The quantitative estimate of drug-likeness (QED) is 0.839. The topological polar surface area (TPSA) is 43.7 Å². The summed E-state index contributed by atoms with van der Waals surface area (Å²) in [5.41, 5.74) is 2.17. The van der Waals surface area contributed by atoms with Crippen LogP contribution in [0.4, 0.5) is 5.69 Å². The maximum atomic E-state index is 9.56. The SMILES string of the molecule is CC(O)C1CCN(c2ccc(CO)cc2)CC1. The summed E-state index contributed by atoms with van der Waals surface area (Å²) >= 11 is 0. The predicted molar refractivity (Wildman–Crippen MR) is 69.0 cm³/mol. The Bertz CT molecular complexity index is 340. The lowest BCUT2D eigenvalue weighted by molar-refractivity contribution is 0.110. The van der Waals surface area contributed by atoms with Crippen molar-refractivity contribution in [1.29, 1.82) is 0 Å². The zero-order valence-corrected chi connectivity index (χ0v) is 10.3. The Balaban J connectivity index is 1.95. The van der Waals surface area contributed by atoms with Crippen LogP contribution in [-0.4, -0.2) is 29.4 Å². The van der Waals surface area contributed by atoms with Gasteiger partial charge in [-0.2, -0.15) is 0 Å². The summed E-state index contributed by atoms with van der Waals surface area (Å²) in [6, 6.07) is 8.06. The molecule has 94 valence electrons. The summed E-state index contributed by atoms with van der Waals surface area (Å²) in [6.07, 6.45) is 1.92. The van der Waals surface area contributed by atoms with E-state index in [2.05, 4.69) is 17.0 Å². The Morgan fingerprint density at radius 3 is 2.29 bits per heavy atom. The molecule has 1 unspecified atom stereocenters. The smallest absolute Gasteiger partial charge is 0.0681 e. The third-order valence-electron chi connectivity index (χ3n) is 3.71. The minimum atomic E-state index is -0.186. The maximum Gasteiger partial charge on any atom is 0.0681 e. The van der Waals surface area contributed by atoms with Gasteiger partial charge in [0.25, 0.3) is 0 Å². The zero-order chi connectivity index (χ0) is 12.3. The van der Waals surface area contributed by atoms with Gasteiger partial charge in [0.1, 0.15) is 0 Å². The predicted octanol–water partition coefficient (Wildman–Crippen LogP) is 1.78. The Morgan fingerprint density at radius 2 is 1.82 bits per heavy atom. The van der Waals surface area contributed by atoms with Gasteiger partial charge in [0.15, 0.2) is 0 Å². The minimum absolute atomic E-state index is 0.102. The first kappa shape index (κ1) is 12.4. The average Bonchev–Trinajstić information content (AvgIpc) is 2.39. The molecule has 0 bridgehead atoms. The second-order valence-corrected chi connectivity index (χ2v) is 4.89. The van der Waals surface area contributed by atoms with Crippen LogP contribution in [0.2, 0.25) is 0 Å². The van der Waals surface area contributed by atoms with Crippen LogP contribution in [0.25, 0.3) is 0 Å². The lowest BCUT2D eigenvalue weighted by atomic mass is 9.92. The number of aliphatic hydroxyl groups is 2. The van der Waals surface area contributed by atoms with Crippen LogP contribution in [0, 0.1) is 5.92 Å². The van der Waals surface area contributed by atoms with E-state index in [-0.39, 0.29) is 12.7 Å². The van der Waals surface area contributed by atoms with Crippen molar-refractivity contribution >= 4 is 5.69 Å². The molecule has 0 aromatic heterocycles. The van der Waals surface area contributed by atoms with Crippen molar-refractivity contribution in [2.75, 3.05) is 18.0 Å². The van der Waals surface area contributed by atoms with E-state index in [1.54, 1.807) is 0 Å². The number of piperidine rings is 1. The Labute approximate surface area is 103 Å². The number of rotatable bonds is 3. The molecule has 1 atom stereocenters. The van der Waals surface area contributed by atoms with Gasteiger partial charge in [-0.25, -0.2) is 0 Å². The van der Waals surface area contributed by atoms with Gasteiger partial charge in [0.2, 0.25) is 0 Å². The number of hydrogen-bond acceptors (Lipinski definition) is 3. The van der Waals surface area contributed by atoms with Gasteiger partial charge in [-0.3, -0.25) is 0 Å². The molecular weight excluding hydrogens is 214 g/mol. The molecule has 0 amide bonds. The molecule has 0 spiro atoms. The lowest BCUT2D eigenvalue weighted by Crippen LogP contribution is -2.36. The van der Waals surface area contributed by atoms with E-state index in [9.17, 15) is 5.11 Å². The molecule has 1 fully saturated rings. The first-order valence-electron chi connectivity index (χ1n) is 6.33. The van der Waals surface area contributed by atoms with Gasteiger partial charge in [-0.05, 0) is 43.4 Å². The minimum Gasteiger partial charge on any atom is -0.393 e. The van der Waals surface area contributed by atoms with Crippen molar-refractivity contribution in [3.05, 3.63) is 29.8 Å². The van der Waals surface area contributed by atoms with Gasteiger partial charge in [0, 0.05) is 18.8 Å². The fourth-order valence-electron chi connectivity index (χ4n) is 2.45. The molecule has 0 saturated carbocycles. The van der Waals surface area contributed by atoms with Crippen LogP contribution in [0.15, 0.2) is 24.3 Å². The summed E-state index contributed by atoms with van der Waals surface area (Å²) in [7, 11) is 0. The third kappa shape index (κ3) is 2.99. The number of nitrogens with zero attached hydrogens (tertiary/aromatic N) is 1. The molecule has 2 rings (SSSR count). The maximum absolute atomic E-state index is 9.56. The Kier molecular flexibility index (Phi) is 4.02. The zero-order valence-electron chi connectivity index (χ0n) is 10.3. The highest BCUT2D eigenvalue weighted by Gasteiger charge is 2.22. The molecular formula is C14H21NO2. The molecule has 1 aromatic rings. The summed E-state index contributed by atoms with van der Waals surface area (Å²) in [4.78, 5) is 2.35. The Hall–Kier alpha value is -1.06. The summed E-state index contributed by atoms with van der Waals surface area (Å²) in [6.45, 7) is 4.00. The van der Waals surface area contributed by atoms with Crippen LogP contribution in [0.5, 0.6) is 0 Å². The van der Waals surface area contributed by atoms with Crippen molar-refractivity contribution in [2.24, 2.45) is 5.92 Å². The fraction of sp³-hybridized carbons (Fsp3) is 0.571. The van der Waals surface area contributed by atoms with Crippen LogP contribution < -0.4 is 4.90 Å². The van der Waals surface area contributed by atoms with E-state index < -0.39 is 0 Å². The molecule has 17 heavy (non-hydrogen) atoms. The molecule has 3 nitrogen and oxygen atoms in total. The normalized spacial score (nSPS) is 19.4. The third-order valence-corrected chi connectivity index (χ3v) is 3.71. The van der Waals surface area contributed by atoms with Gasteiger partial charge in [-0.15, -0.1) is 0 Å². The molecule has 1 heterocycles. The van der Waals surface area contributed by atoms with E-state index in [4.69, 9.17) is 5.11 Å². The molecule has 0 radical (unpaired) electrons. The highest BCUT2D eigenvalue weighted by Crippen LogP contribution is 2.25. The average molecular weight is 235 g/mol. The van der Waals surface area contributed by atoms with Crippen LogP contribution in [-0.2, 0) is 6.61 Å². The fourth-order valence-corrected chi connectivity index (χ4v) is 2.45. The van der Waals surface area contributed by atoms with Crippen LogP contribution >= 0.6 is 0 Å². The molecule has 1 aromatic carbocycles. The van der Waals surface area contributed by atoms with Crippen molar-refractivity contribution in [2.45, 2.75) is 32.5 Å². The summed E-state index contributed by atoms with van der Waals surface area (Å²) in [5, 5.41) is 18.5. The molecule has 3 heteroatoms. The van der Waals surface area contributed by atoms with E-state index in [1.807, 2.05) is 19.1 Å². The van der Waals surface area contributed by atoms with Crippen LogP contribution in [0.3, 0.4) is 0 Å². The highest BCUT2D eigenvalue weighted by atomic mass is 16.3. The van der Waals surface area contributed by atoms with Gasteiger partial charge in [0.05, 0.1) is 12.7 Å².